The lowest BCUT2D eigenvalue weighted by atomic mass is 9.98. The molecule has 0 aliphatic heterocycles. The first-order valence-corrected chi connectivity index (χ1v) is 7.94. The van der Waals surface area contributed by atoms with Crippen LogP contribution >= 0.6 is 0 Å². The minimum absolute atomic E-state index is 0.451. The van der Waals surface area contributed by atoms with Gasteiger partial charge in [-0.25, -0.2) is 0 Å². The highest BCUT2D eigenvalue weighted by molar-refractivity contribution is 5.28. The van der Waals surface area contributed by atoms with Crippen LogP contribution in [0.15, 0.2) is 24.3 Å². The maximum atomic E-state index is 10.1. The second-order valence-electron chi connectivity index (χ2n) is 5.62. The van der Waals surface area contributed by atoms with Crippen LogP contribution in [0.2, 0.25) is 0 Å². The van der Waals surface area contributed by atoms with Crippen molar-refractivity contribution < 1.29 is 14.6 Å². The molecule has 0 heterocycles. The molecule has 0 spiro atoms. The van der Waals surface area contributed by atoms with Crippen molar-refractivity contribution in [1.29, 1.82) is 0 Å². The Morgan fingerprint density at radius 1 is 1.19 bits per heavy atom. The molecule has 0 radical (unpaired) electrons. The molecular weight excluding hydrogens is 266 g/mol. The molecule has 1 aliphatic carbocycles. The molecule has 0 amide bonds. The number of rotatable bonds is 8. The first-order valence-electron chi connectivity index (χ1n) is 7.94. The van der Waals surface area contributed by atoms with E-state index in [1.807, 2.05) is 24.3 Å². The van der Waals surface area contributed by atoms with Crippen LogP contribution in [0.25, 0.3) is 0 Å². The molecule has 21 heavy (non-hydrogen) atoms. The van der Waals surface area contributed by atoms with E-state index in [-0.39, 0.29) is 0 Å². The van der Waals surface area contributed by atoms with Gasteiger partial charge in [0.1, 0.15) is 5.75 Å². The van der Waals surface area contributed by atoms with Gasteiger partial charge in [-0.2, -0.15) is 0 Å². The molecule has 118 valence electrons. The topological polar surface area (TPSA) is 50.7 Å². The third kappa shape index (κ3) is 5.65. The molecule has 1 aromatic carbocycles. The molecule has 2 rings (SSSR count). The standard InChI is InChI=1S/C17H27NO3/c1-20-15-9-7-14(8-10-15)17(19)13-18-11-12-21-16-5-3-2-4-6-16/h7-10,16-19H,2-6,11-13H2,1H3. The van der Waals surface area contributed by atoms with Crippen molar-refractivity contribution in [1.82, 2.24) is 5.32 Å². The minimum Gasteiger partial charge on any atom is -0.497 e. The van der Waals surface area contributed by atoms with Crippen molar-refractivity contribution in [3.63, 3.8) is 0 Å². The second kappa shape index (κ2) is 9.03. The lowest BCUT2D eigenvalue weighted by molar-refractivity contribution is 0.0292. The van der Waals surface area contributed by atoms with Gasteiger partial charge in [0, 0.05) is 13.1 Å². The monoisotopic (exact) mass is 293 g/mol. The van der Waals surface area contributed by atoms with E-state index in [2.05, 4.69) is 5.32 Å². The van der Waals surface area contributed by atoms with Crippen LogP contribution in [0, 0.1) is 0 Å². The summed E-state index contributed by atoms with van der Waals surface area (Å²) in [4.78, 5) is 0. The fourth-order valence-electron chi connectivity index (χ4n) is 2.71. The average molecular weight is 293 g/mol. The van der Waals surface area contributed by atoms with Gasteiger partial charge < -0.3 is 19.9 Å². The van der Waals surface area contributed by atoms with Crippen molar-refractivity contribution >= 4 is 0 Å². The minimum atomic E-state index is -0.495. The SMILES string of the molecule is COc1ccc(C(O)CNCCOC2CCCCC2)cc1. The summed E-state index contributed by atoms with van der Waals surface area (Å²) in [5.74, 6) is 0.805. The summed E-state index contributed by atoms with van der Waals surface area (Å²) in [7, 11) is 1.64. The maximum absolute atomic E-state index is 10.1. The predicted octanol–water partition coefficient (Wildman–Crippen LogP) is 2.67. The number of ether oxygens (including phenoxy) is 2. The van der Waals surface area contributed by atoms with Gasteiger partial charge in [-0.1, -0.05) is 31.4 Å². The molecule has 4 nitrogen and oxygen atoms in total. The number of hydrogen-bond acceptors (Lipinski definition) is 4. The lowest BCUT2D eigenvalue weighted by Crippen LogP contribution is -2.27. The molecule has 1 saturated carbocycles. The van der Waals surface area contributed by atoms with Crippen LogP contribution in [0.5, 0.6) is 5.75 Å². The number of methoxy groups -OCH3 is 1. The number of aliphatic hydroxyl groups excluding tert-OH is 1. The first kappa shape index (κ1) is 16.3. The molecule has 1 fully saturated rings. The first-order chi connectivity index (χ1) is 10.3. The molecule has 2 N–H and O–H groups in total. The van der Waals surface area contributed by atoms with Gasteiger partial charge in [-0.3, -0.25) is 0 Å². The fourth-order valence-corrected chi connectivity index (χ4v) is 2.71. The Hall–Kier alpha value is -1.10. The predicted molar refractivity (Wildman–Crippen MR) is 83.6 cm³/mol. The molecule has 1 unspecified atom stereocenters. The highest BCUT2D eigenvalue weighted by Gasteiger charge is 2.13. The molecule has 1 aromatic rings. The Balaban J connectivity index is 1.58. The van der Waals surface area contributed by atoms with Gasteiger partial charge in [0.15, 0.2) is 0 Å². The largest absolute Gasteiger partial charge is 0.497 e. The van der Waals surface area contributed by atoms with Crippen LogP contribution < -0.4 is 10.1 Å². The summed E-state index contributed by atoms with van der Waals surface area (Å²) in [6.45, 7) is 2.05. The van der Waals surface area contributed by atoms with Crippen molar-refractivity contribution in [2.45, 2.75) is 44.3 Å². The van der Waals surface area contributed by atoms with E-state index >= 15 is 0 Å². The molecular formula is C17H27NO3. The quantitative estimate of drug-likeness (QED) is 0.724. The number of benzene rings is 1. The van der Waals surface area contributed by atoms with Crippen LogP contribution in [0.4, 0.5) is 0 Å². The zero-order valence-electron chi connectivity index (χ0n) is 12.9. The van der Waals surface area contributed by atoms with Crippen molar-refractivity contribution in [3.05, 3.63) is 29.8 Å². The summed E-state index contributed by atoms with van der Waals surface area (Å²) in [6, 6.07) is 7.52. The maximum Gasteiger partial charge on any atom is 0.118 e. The summed E-state index contributed by atoms with van der Waals surface area (Å²) >= 11 is 0. The summed E-state index contributed by atoms with van der Waals surface area (Å²) in [5.41, 5.74) is 0.900. The normalized spacial score (nSPS) is 17.6. The highest BCUT2D eigenvalue weighted by Crippen LogP contribution is 2.20. The van der Waals surface area contributed by atoms with E-state index < -0.39 is 6.10 Å². The van der Waals surface area contributed by atoms with Crippen LogP contribution in [0.1, 0.15) is 43.8 Å². The third-order valence-electron chi connectivity index (χ3n) is 4.02. The molecule has 0 bridgehead atoms. The number of aliphatic hydroxyl groups is 1. The number of nitrogens with one attached hydrogen (secondary N) is 1. The number of hydrogen-bond donors (Lipinski definition) is 2. The van der Waals surface area contributed by atoms with Gasteiger partial charge >= 0.3 is 0 Å². The smallest absolute Gasteiger partial charge is 0.118 e. The van der Waals surface area contributed by atoms with E-state index in [4.69, 9.17) is 9.47 Å². The van der Waals surface area contributed by atoms with Gasteiger partial charge in [-0.15, -0.1) is 0 Å². The molecule has 0 saturated heterocycles. The Bertz CT molecular complexity index is 388. The summed E-state index contributed by atoms with van der Waals surface area (Å²) in [6.07, 6.45) is 6.31. The van der Waals surface area contributed by atoms with Gasteiger partial charge in [0.05, 0.1) is 25.9 Å². The Morgan fingerprint density at radius 3 is 2.57 bits per heavy atom. The molecule has 1 atom stereocenters. The van der Waals surface area contributed by atoms with Crippen molar-refractivity contribution in [2.24, 2.45) is 0 Å². The van der Waals surface area contributed by atoms with E-state index in [1.54, 1.807) is 7.11 Å². The van der Waals surface area contributed by atoms with Gasteiger partial charge in [0.25, 0.3) is 0 Å². The van der Waals surface area contributed by atoms with E-state index in [1.165, 1.54) is 32.1 Å². The van der Waals surface area contributed by atoms with Crippen LogP contribution in [-0.4, -0.2) is 38.0 Å². The average Bonchev–Trinajstić information content (AvgIpc) is 2.55. The Labute approximate surface area is 127 Å². The van der Waals surface area contributed by atoms with Gasteiger partial charge in [0.2, 0.25) is 0 Å². The zero-order valence-corrected chi connectivity index (χ0v) is 12.9. The van der Waals surface area contributed by atoms with Crippen molar-refractivity contribution in [2.75, 3.05) is 26.8 Å². The molecule has 0 aromatic heterocycles. The lowest BCUT2D eigenvalue weighted by Gasteiger charge is -2.22. The highest BCUT2D eigenvalue weighted by atomic mass is 16.5. The zero-order chi connectivity index (χ0) is 14.9. The Morgan fingerprint density at radius 2 is 1.90 bits per heavy atom. The van der Waals surface area contributed by atoms with Crippen molar-refractivity contribution in [3.8, 4) is 5.75 Å². The Kier molecular flexibility index (Phi) is 7.00. The van der Waals surface area contributed by atoms with E-state index in [9.17, 15) is 5.11 Å². The summed E-state index contributed by atoms with van der Waals surface area (Å²) in [5, 5.41) is 13.3. The van der Waals surface area contributed by atoms with Crippen LogP contribution in [0.3, 0.4) is 0 Å². The fraction of sp³-hybridized carbons (Fsp3) is 0.647. The summed E-state index contributed by atoms with van der Waals surface area (Å²) < 4.78 is 10.9. The van der Waals surface area contributed by atoms with Gasteiger partial charge in [-0.05, 0) is 30.5 Å². The molecule has 4 heteroatoms. The van der Waals surface area contributed by atoms with Crippen LogP contribution in [-0.2, 0) is 4.74 Å². The van der Waals surface area contributed by atoms with E-state index in [0.717, 1.165) is 24.5 Å². The van der Waals surface area contributed by atoms with E-state index in [0.29, 0.717) is 12.6 Å². The molecule has 1 aliphatic rings. The third-order valence-corrected chi connectivity index (χ3v) is 4.02. The second-order valence-corrected chi connectivity index (χ2v) is 5.62.